The van der Waals surface area contributed by atoms with Gasteiger partial charge in [-0.3, -0.25) is 4.79 Å². The van der Waals surface area contributed by atoms with E-state index in [9.17, 15) is 9.90 Å². The number of hydrogen-bond donors (Lipinski definition) is 1. The molecular formula is C32H49NO2. The average molecular weight is 480 g/mol. The topological polar surface area (TPSA) is 40.5 Å². The fourth-order valence-corrected chi connectivity index (χ4v) is 4.82. The molecule has 3 nitrogen and oxygen atoms in total. The highest BCUT2D eigenvalue weighted by Crippen LogP contribution is 2.35. The first-order chi connectivity index (χ1) is 16.5. The Morgan fingerprint density at radius 1 is 0.829 bits per heavy atom. The van der Waals surface area contributed by atoms with Gasteiger partial charge in [-0.2, -0.15) is 0 Å². The lowest BCUT2D eigenvalue weighted by atomic mass is 9.82. The van der Waals surface area contributed by atoms with Gasteiger partial charge < -0.3 is 10.0 Å². The van der Waals surface area contributed by atoms with Crippen LogP contribution in [0, 0.1) is 6.92 Å². The van der Waals surface area contributed by atoms with Gasteiger partial charge in [0.05, 0.1) is 5.56 Å². The van der Waals surface area contributed by atoms with Gasteiger partial charge in [0.2, 0.25) is 0 Å². The first-order valence-electron chi connectivity index (χ1n) is 13.8. The van der Waals surface area contributed by atoms with Crippen LogP contribution >= 0.6 is 0 Å². The van der Waals surface area contributed by atoms with Gasteiger partial charge in [0.15, 0.2) is 0 Å². The Balaban J connectivity index is 2.57. The largest absolute Gasteiger partial charge is 0.507 e. The second kappa shape index (κ2) is 13.1. The summed E-state index contributed by atoms with van der Waals surface area (Å²) in [6.45, 7) is 21.3. The molecule has 0 radical (unpaired) electrons. The molecule has 0 bridgehead atoms. The van der Waals surface area contributed by atoms with Gasteiger partial charge >= 0.3 is 0 Å². The van der Waals surface area contributed by atoms with Crippen LogP contribution in [0.25, 0.3) is 0 Å². The first-order valence-corrected chi connectivity index (χ1v) is 13.8. The normalized spacial score (nSPS) is 11.7. The van der Waals surface area contributed by atoms with E-state index in [0.717, 1.165) is 56.3 Å². The number of phenolic OH excluding ortho intramolecular Hbond substituents is 1. The highest BCUT2D eigenvalue weighted by molar-refractivity contribution is 5.97. The van der Waals surface area contributed by atoms with Crippen LogP contribution in [0.3, 0.4) is 0 Å². The SMILES string of the molecule is CCCCN(CCCC)C(=O)c1cc(Cc2c(C(C)C)cc(C(C)C)cc2C(C)C)cc(C)c1O. The second-order valence-electron chi connectivity index (χ2n) is 11.1. The summed E-state index contributed by atoms with van der Waals surface area (Å²) in [5, 5.41) is 10.9. The highest BCUT2D eigenvalue weighted by atomic mass is 16.3. The summed E-state index contributed by atoms with van der Waals surface area (Å²) in [6, 6.07) is 8.76. The number of carbonyl (C=O) groups is 1. The Hall–Kier alpha value is -2.29. The van der Waals surface area contributed by atoms with Gasteiger partial charge in [-0.25, -0.2) is 0 Å². The molecule has 194 valence electrons. The third-order valence-corrected chi connectivity index (χ3v) is 7.07. The van der Waals surface area contributed by atoms with E-state index in [1.165, 1.54) is 22.3 Å². The van der Waals surface area contributed by atoms with Crippen LogP contribution in [0.2, 0.25) is 0 Å². The minimum atomic E-state index is -0.0438. The van der Waals surface area contributed by atoms with Crippen molar-refractivity contribution in [1.82, 2.24) is 4.90 Å². The fourth-order valence-electron chi connectivity index (χ4n) is 4.82. The van der Waals surface area contributed by atoms with E-state index in [0.29, 0.717) is 23.3 Å². The molecule has 0 spiro atoms. The number of rotatable bonds is 12. The minimum Gasteiger partial charge on any atom is -0.507 e. The molecule has 35 heavy (non-hydrogen) atoms. The third kappa shape index (κ3) is 7.35. The highest BCUT2D eigenvalue weighted by Gasteiger charge is 2.22. The maximum absolute atomic E-state index is 13.6. The molecule has 0 saturated heterocycles. The van der Waals surface area contributed by atoms with E-state index < -0.39 is 0 Å². The van der Waals surface area contributed by atoms with Crippen molar-refractivity contribution in [2.45, 2.75) is 112 Å². The van der Waals surface area contributed by atoms with E-state index in [1.807, 2.05) is 17.9 Å². The molecule has 3 heteroatoms. The van der Waals surface area contributed by atoms with Crippen molar-refractivity contribution < 1.29 is 9.90 Å². The molecule has 0 saturated carbocycles. The number of nitrogens with zero attached hydrogens (tertiary/aromatic N) is 1. The molecule has 0 fully saturated rings. The van der Waals surface area contributed by atoms with Gasteiger partial charge in [0, 0.05) is 13.1 Å². The van der Waals surface area contributed by atoms with E-state index in [2.05, 4.69) is 73.6 Å². The van der Waals surface area contributed by atoms with Crippen molar-refractivity contribution in [1.29, 1.82) is 0 Å². The standard InChI is InChI=1S/C32H49NO2/c1-10-12-14-33(15-13-11-2)32(35)30-18-25(16-24(9)31(30)34)17-29-27(22(5)6)19-26(21(3)4)20-28(29)23(7)8/h16,18-23,34H,10-15,17H2,1-9H3. The third-order valence-electron chi connectivity index (χ3n) is 7.07. The zero-order valence-corrected chi connectivity index (χ0v) is 23.8. The van der Waals surface area contributed by atoms with Gasteiger partial charge in [-0.15, -0.1) is 0 Å². The van der Waals surface area contributed by atoms with Crippen LogP contribution in [0.1, 0.15) is 143 Å². The molecule has 0 heterocycles. The van der Waals surface area contributed by atoms with Crippen LogP contribution in [-0.4, -0.2) is 29.0 Å². The summed E-state index contributed by atoms with van der Waals surface area (Å²) in [4.78, 5) is 15.5. The molecule has 0 aliphatic rings. The Morgan fingerprint density at radius 2 is 1.34 bits per heavy atom. The fraction of sp³-hybridized carbons (Fsp3) is 0.594. The second-order valence-corrected chi connectivity index (χ2v) is 11.1. The molecule has 1 N–H and O–H groups in total. The van der Waals surface area contributed by atoms with Crippen LogP contribution < -0.4 is 0 Å². The summed E-state index contributed by atoms with van der Waals surface area (Å²) in [7, 11) is 0. The number of aromatic hydroxyl groups is 1. The summed E-state index contributed by atoms with van der Waals surface area (Å²) in [5.74, 6) is 1.40. The van der Waals surface area contributed by atoms with Gasteiger partial charge in [-0.05, 0) is 83.4 Å². The summed E-state index contributed by atoms with van der Waals surface area (Å²) >= 11 is 0. The number of unbranched alkanes of at least 4 members (excludes halogenated alkanes) is 2. The lowest BCUT2D eigenvalue weighted by molar-refractivity contribution is 0.0747. The monoisotopic (exact) mass is 479 g/mol. The number of benzene rings is 2. The Kier molecular flexibility index (Phi) is 10.9. The summed E-state index contributed by atoms with van der Waals surface area (Å²) < 4.78 is 0. The van der Waals surface area contributed by atoms with E-state index in [1.54, 1.807) is 0 Å². The first kappa shape index (κ1) is 28.9. The predicted molar refractivity (Wildman–Crippen MR) is 150 cm³/mol. The van der Waals surface area contributed by atoms with Gasteiger partial charge in [0.1, 0.15) is 5.75 Å². The van der Waals surface area contributed by atoms with Crippen LogP contribution in [-0.2, 0) is 6.42 Å². The molecular weight excluding hydrogens is 430 g/mol. The van der Waals surface area contributed by atoms with Crippen LogP contribution in [0.5, 0.6) is 5.75 Å². The molecule has 0 atom stereocenters. The molecule has 2 aromatic rings. The summed E-state index contributed by atoms with van der Waals surface area (Å²) in [6.07, 6.45) is 4.82. The van der Waals surface area contributed by atoms with E-state index >= 15 is 0 Å². The van der Waals surface area contributed by atoms with Crippen LogP contribution in [0.4, 0.5) is 0 Å². The minimum absolute atomic E-state index is 0.0438. The molecule has 0 unspecified atom stereocenters. The Morgan fingerprint density at radius 3 is 1.77 bits per heavy atom. The number of aryl methyl sites for hydroxylation is 1. The molecule has 0 aromatic heterocycles. The number of carbonyl (C=O) groups excluding carboxylic acids is 1. The molecule has 0 aliphatic carbocycles. The Bertz CT molecular complexity index is 950. The Labute approximate surface area is 215 Å². The summed E-state index contributed by atoms with van der Waals surface area (Å²) in [5.41, 5.74) is 7.86. The molecule has 0 aliphatic heterocycles. The maximum Gasteiger partial charge on any atom is 0.257 e. The van der Waals surface area contributed by atoms with Crippen molar-refractivity contribution in [2.24, 2.45) is 0 Å². The van der Waals surface area contributed by atoms with Gasteiger partial charge in [0.25, 0.3) is 5.91 Å². The number of amides is 1. The quantitative estimate of drug-likeness (QED) is 0.331. The van der Waals surface area contributed by atoms with Gasteiger partial charge in [-0.1, -0.05) is 86.4 Å². The van der Waals surface area contributed by atoms with Crippen molar-refractivity contribution in [3.63, 3.8) is 0 Å². The molecule has 2 rings (SSSR count). The maximum atomic E-state index is 13.6. The average Bonchev–Trinajstić information content (AvgIpc) is 2.80. The van der Waals surface area contributed by atoms with Crippen LogP contribution in [0.15, 0.2) is 24.3 Å². The number of hydrogen-bond acceptors (Lipinski definition) is 2. The zero-order chi connectivity index (χ0) is 26.3. The zero-order valence-electron chi connectivity index (χ0n) is 23.8. The van der Waals surface area contributed by atoms with E-state index in [-0.39, 0.29) is 11.7 Å². The van der Waals surface area contributed by atoms with Crippen molar-refractivity contribution in [3.05, 3.63) is 63.2 Å². The smallest absolute Gasteiger partial charge is 0.257 e. The lowest BCUT2D eigenvalue weighted by Gasteiger charge is -2.25. The van der Waals surface area contributed by atoms with Crippen molar-refractivity contribution in [2.75, 3.05) is 13.1 Å². The molecule has 2 aromatic carbocycles. The van der Waals surface area contributed by atoms with Crippen molar-refractivity contribution in [3.8, 4) is 5.75 Å². The predicted octanol–water partition coefficient (Wildman–Crippen LogP) is 8.70. The van der Waals surface area contributed by atoms with Crippen molar-refractivity contribution >= 4 is 5.91 Å². The number of phenols is 1. The lowest BCUT2D eigenvalue weighted by Crippen LogP contribution is -2.33. The van der Waals surface area contributed by atoms with E-state index in [4.69, 9.17) is 0 Å². The molecule has 1 amide bonds.